The van der Waals surface area contributed by atoms with Gasteiger partial charge in [-0.25, -0.2) is 0 Å². The second-order valence-electron chi connectivity index (χ2n) is 5.96. The molecule has 0 saturated heterocycles. The number of hydrogen-bond acceptors (Lipinski definition) is 4. The summed E-state index contributed by atoms with van der Waals surface area (Å²) in [6.45, 7) is 4.59. The number of rotatable bonds is 8. The standard InChI is InChI=1S/C17H25N3O2S/c1-12-16(13(2)20(3)19-12)4-5-17(22)18-9-15(10-21)8-14-6-7-23-11-14/h6-7,11,15,21H,4-5,8-10H2,1-3H3,(H,18,22)/t15-/m1/s1. The molecule has 0 aromatic carbocycles. The highest BCUT2D eigenvalue weighted by Crippen LogP contribution is 2.14. The van der Waals surface area contributed by atoms with Crippen LogP contribution in [-0.2, 0) is 24.7 Å². The van der Waals surface area contributed by atoms with Crippen LogP contribution in [0.4, 0.5) is 0 Å². The van der Waals surface area contributed by atoms with Crippen molar-refractivity contribution in [3.05, 3.63) is 39.3 Å². The van der Waals surface area contributed by atoms with Gasteiger partial charge in [0.15, 0.2) is 0 Å². The van der Waals surface area contributed by atoms with Gasteiger partial charge in [0.2, 0.25) is 5.91 Å². The zero-order chi connectivity index (χ0) is 16.8. The van der Waals surface area contributed by atoms with Gasteiger partial charge in [-0.3, -0.25) is 9.48 Å². The van der Waals surface area contributed by atoms with E-state index < -0.39 is 0 Å². The lowest BCUT2D eigenvalue weighted by Gasteiger charge is -2.14. The van der Waals surface area contributed by atoms with Gasteiger partial charge in [0.25, 0.3) is 0 Å². The van der Waals surface area contributed by atoms with Crippen molar-refractivity contribution in [3.63, 3.8) is 0 Å². The SMILES string of the molecule is Cc1nn(C)c(C)c1CCC(=O)NC[C@H](CO)Cc1ccsc1. The van der Waals surface area contributed by atoms with E-state index in [1.165, 1.54) is 5.56 Å². The van der Waals surface area contributed by atoms with Crippen LogP contribution in [0, 0.1) is 19.8 Å². The zero-order valence-electron chi connectivity index (χ0n) is 14.0. The van der Waals surface area contributed by atoms with Crippen LogP contribution in [0.2, 0.25) is 0 Å². The Morgan fingerprint density at radius 3 is 2.83 bits per heavy atom. The molecule has 0 unspecified atom stereocenters. The minimum Gasteiger partial charge on any atom is -0.396 e. The van der Waals surface area contributed by atoms with Crippen LogP contribution < -0.4 is 5.32 Å². The number of aryl methyl sites for hydroxylation is 2. The van der Waals surface area contributed by atoms with E-state index in [1.54, 1.807) is 11.3 Å². The molecule has 2 heterocycles. The lowest BCUT2D eigenvalue weighted by Crippen LogP contribution is -2.32. The van der Waals surface area contributed by atoms with Crippen LogP contribution in [-0.4, -0.2) is 33.9 Å². The summed E-state index contributed by atoms with van der Waals surface area (Å²) < 4.78 is 1.85. The molecule has 0 aliphatic carbocycles. The van der Waals surface area contributed by atoms with Gasteiger partial charge in [0.1, 0.15) is 0 Å². The molecule has 2 N–H and O–H groups in total. The van der Waals surface area contributed by atoms with Gasteiger partial charge in [-0.05, 0) is 54.6 Å². The predicted octanol–water partition coefficient (Wildman–Crippen LogP) is 2.00. The molecule has 0 bridgehead atoms. The third kappa shape index (κ3) is 4.91. The molecule has 0 radical (unpaired) electrons. The largest absolute Gasteiger partial charge is 0.396 e. The second-order valence-corrected chi connectivity index (χ2v) is 6.74. The molecular formula is C17H25N3O2S. The average molecular weight is 335 g/mol. The molecule has 23 heavy (non-hydrogen) atoms. The molecular weight excluding hydrogens is 310 g/mol. The summed E-state index contributed by atoms with van der Waals surface area (Å²) in [7, 11) is 1.92. The highest BCUT2D eigenvalue weighted by molar-refractivity contribution is 7.07. The first kappa shape index (κ1) is 17.7. The number of aliphatic hydroxyl groups is 1. The van der Waals surface area contributed by atoms with Gasteiger partial charge >= 0.3 is 0 Å². The van der Waals surface area contributed by atoms with Gasteiger partial charge in [-0.1, -0.05) is 0 Å². The van der Waals surface area contributed by atoms with Crippen LogP contribution >= 0.6 is 11.3 Å². The summed E-state index contributed by atoms with van der Waals surface area (Å²) in [5.41, 5.74) is 4.47. The van der Waals surface area contributed by atoms with Crippen molar-refractivity contribution in [3.8, 4) is 0 Å². The van der Waals surface area contributed by atoms with Crippen molar-refractivity contribution >= 4 is 17.2 Å². The first-order valence-electron chi connectivity index (χ1n) is 7.89. The second kappa shape index (κ2) is 8.26. The quantitative estimate of drug-likeness (QED) is 0.775. The summed E-state index contributed by atoms with van der Waals surface area (Å²) in [5, 5.41) is 20.9. The maximum absolute atomic E-state index is 12.1. The smallest absolute Gasteiger partial charge is 0.220 e. The summed E-state index contributed by atoms with van der Waals surface area (Å²) in [6, 6.07) is 2.06. The van der Waals surface area contributed by atoms with E-state index in [-0.39, 0.29) is 18.4 Å². The molecule has 1 atom stereocenters. The van der Waals surface area contributed by atoms with Crippen LogP contribution in [0.25, 0.3) is 0 Å². The Balaban J connectivity index is 1.78. The number of aliphatic hydroxyl groups excluding tert-OH is 1. The predicted molar refractivity (Wildman–Crippen MR) is 92.6 cm³/mol. The normalized spacial score (nSPS) is 12.3. The van der Waals surface area contributed by atoms with Crippen LogP contribution in [0.1, 0.15) is 28.9 Å². The van der Waals surface area contributed by atoms with Crippen molar-refractivity contribution in [1.29, 1.82) is 0 Å². The summed E-state index contributed by atoms with van der Waals surface area (Å²) in [6.07, 6.45) is 1.94. The Morgan fingerprint density at radius 1 is 1.48 bits per heavy atom. The summed E-state index contributed by atoms with van der Waals surface area (Å²) >= 11 is 1.65. The van der Waals surface area contributed by atoms with Crippen LogP contribution in [0.5, 0.6) is 0 Å². The van der Waals surface area contributed by atoms with E-state index in [1.807, 2.05) is 31.0 Å². The number of amides is 1. The van der Waals surface area contributed by atoms with Crippen LogP contribution in [0.3, 0.4) is 0 Å². The Hall–Kier alpha value is -1.66. The fraction of sp³-hybridized carbons (Fsp3) is 0.529. The average Bonchev–Trinajstić information content (AvgIpc) is 3.11. The van der Waals surface area contributed by atoms with E-state index in [0.29, 0.717) is 19.4 Å². The Bertz CT molecular complexity index is 635. The van der Waals surface area contributed by atoms with E-state index in [2.05, 4.69) is 21.9 Å². The van der Waals surface area contributed by atoms with Gasteiger partial charge in [0, 0.05) is 38.2 Å². The first-order chi connectivity index (χ1) is 11.0. The Morgan fingerprint density at radius 2 is 2.26 bits per heavy atom. The lowest BCUT2D eigenvalue weighted by molar-refractivity contribution is -0.121. The molecule has 0 aliphatic rings. The fourth-order valence-electron chi connectivity index (χ4n) is 2.71. The summed E-state index contributed by atoms with van der Waals surface area (Å²) in [4.78, 5) is 12.1. The van der Waals surface area contributed by atoms with Gasteiger partial charge < -0.3 is 10.4 Å². The molecule has 1 amide bonds. The molecule has 0 aliphatic heterocycles. The third-order valence-electron chi connectivity index (χ3n) is 4.21. The molecule has 126 valence electrons. The molecule has 2 rings (SSSR count). The highest BCUT2D eigenvalue weighted by Gasteiger charge is 2.13. The summed E-state index contributed by atoms with van der Waals surface area (Å²) in [5.74, 6) is 0.0897. The van der Waals surface area contributed by atoms with Crippen molar-refractivity contribution in [2.24, 2.45) is 13.0 Å². The minimum absolute atomic E-state index is 0.0245. The number of hydrogen-bond donors (Lipinski definition) is 2. The molecule has 0 saturated carbocycles. The molecule has 2 aromatic rings. The molecule has 0 spiro atoms. The van der Waals surface area contributed by atoms with Crippen molar-refractivity contribution in [1.82, 2.24) is 15.1 Å². The number of nitrogens with one attached hydrogen (secondary N) is 1. The van der Waals surface area contributed by atoms with E-state index in [4.69, 9.17) is 0 Å². The number of carbonyl (C=O) groups is 1. The Labute approximate surface area is 141 Å². The van der Waals surface area contributed by atoms with Crippen LogP contribution in [0.15, 0.2) is 16.8 Å². The van der Waals surface area contributed by atoms with Gasteiger partial charge in [-0.15, -0.1) is 0 Å². The van der Waals surface area contributed by atoms with Crippen molar-refractivity contribution < 1.29 is 9.90 Å². The number of aromatic nitrogens is 2. The van der Waals surface area contributed by atoms with E-state index in [9.17, 15) is 9.90 Å². The van der Waals surface area contributed by atoms with Crippen molar-refractivity contribution in [2.75, 3.05) is 13.2 Å². The number of nitrogens with zero attached hydrogens (tertiary/aromatic N) is 2. The topological polar surface area (TPSA) is 67.2 Å². The lowest BCUT2D eigenvalue weighted by atomic mass is 10.0. The molecule has 0 fully saturated rings. The maximum atomic E-state index is 12.1. The molecule has 5 nitrogen and oxygen atoms in total. The highest BCUT2D eigenvalue weighted by atomic mass is 32.1. The van der Waals surface area contributed by atoms with Gasteiger partial charge in [0.05, 0.1) is 5.69 Å². The zero-order valence-corrected chi connectivity index (χ0v) is 14.8. The number of carbonyl (C=O) groups excluding carboxylic acids is 1. The fourth-order valence-corrected chi connectivity index (χ4v) is 3.39. The van der Waals surface area contributed by atoms with Crippen molar-refractivity contribution in [2.45, 2.75) is 33.1 Å². The number of thiophene rings is 1. The first-order valence-corrected chi connectivity index (χ1v) is 8.83. The Kier molecular flexibility index (Phi) is 6.36. The van der Waals surface area contributed by atoms with Gasteiger partial charge in [-0.2, -0.15) is 16.4 Å². The maximum Gasteiger partial charge on any atom is 0.220 e. The van der Waals surface area contributed by atoms with E-state index >= 15 is 0 Å². The third-order valence-corrected chi connectivity index (χ3v) is 4.94. The molecule has 2 aromatic heterocycles. The van der Waals surface area contributed by atoms with E-state index in [0.717, 1.165) is 23.4 Å². The molecule has 6 heteroatoms. The minimum atomic E-state index is 0.0245. The monoisotopic (exact) mass is 335 g/mol.